The molecule has 0 saturated carbocycles. The third-order valence-corrected chi connectivity index (χ3v) is 8.02. The van der Waals surface area contributed by atoms with Crippen molar-refractivity contribution in [2.75, 3.05) is 31.5 Å². The van der Waals surface area contributed by atoms with Gasteiger partial charge in [0.05, 0.1) is 42.6 Å². The molecule has 9 nitrogen and oxygen atoms in total. The van der Waals surface area contributed by atoms with Crippen LogP contribution in [0.1, 0.15) is 40.2 Å². The van der Waals surface area contributed by atoms with Gasteiger partial charge in [-0.15, -0.1) is 0 Å². The van der Waals surface area contributed by atoms with Crippen LogP contribution in [0, 0.1) is 6.57 Å². The predicted octanol–water partition coefficient (Wildman–Crippen LogP) is 5.51. The Hall–Kier alpha value is -4.49. The Morgan fingerprint density at radius 1 is 1.15 bits per heavy atom. The molecule has 6 rings (SSSR count). The van der Waals surface area contributed by atoms with E-state index in [2.05, 4.69) is 38.3 Å². The Morgan fingerprint density at radius 2 is 1.93 bits per heavy atom. The fourth-order valence-corrected chi connectivity index (χ4v) is 5.82. The van der Waals surface area contributed by atoms with Crippen LogP contribution in [0.15, 0.2) is 73.3 Å². The maximum absolute atomic E-state index is 13.0. The largest absolute Gasteiger partial charge is 0.336 e. The van der Waals surface area contributed by atoms with Crippen molar-refractivity contribution in [3.63, 3.8) is 0 Å². The minimum atomic E-state index is -0.420. The number of anilines is 1. The number of carbonyl (C=O) groups is 1. The smallest absolute Gasteiger partial charge is 0.321 e. The van der Waals surface area contributed by atoms with Crippen LogP contribution >= 0.6 is 11.6 Å². The van der Waals surface area contributed by atoms with E-state index in [9.17, 15) is 4.79 Å². The number of rotatable bonds is 4. The van der Waals surface area contributed by atoms with E-state index in [1.54, 1.807) is 36.8 Å². The Bertz CT molecular complexity index is 1660. The van der Waals surface area contributed by atoms with Crippen LogP contribution in [0.2, 0.25) is 5.02 Å². The molecule has 0 spiro atoms. The van der Waals surface area contributed by atoms with Crippen molar-refractivity contribution in [3.05, 3.63) is 118 Å². The molecule has 1 aliphatic heterocycles. The summed E-state index contributed by atoms with van der Waals surface area (Å²) in [5.74, 6) is 0. The van der Waals surface area contributed by atoms with Gasteiger partial charge in [0.15, 0.2) is 5.69 Å². The number of amides is 2. The summed E-state index contributed by atoms with van der Waals surface area (Å²) in [6, 6.07) is 16.2. The second kappa shape index (κ2) is 11.2. The molecule has 2 aromatic heterocycles. The first-order valence-corrected chi connectivity index (χ1v) is 13.8. The number of nitrogens with zero attached hydrogens (tertiary/aromatic N) is 6. The molecule has 4 aromatic rings. The number of nitrogens with two attached hydrogens (primary N) is 1. The van der Waals surface area contributed by atoms with Crippen LogP contribution in [0.3, 0.4) is 0 Å². The number of carbonyl (C=O) groups excluding carboxylic acids is 1. The van der Waals surface area contributed by atoms with E-state index in [0.717, 1.165) is 33.7 Å². The lowest BCUT2D eigenvalue weighted by Gasteiger charge is -2.39. The fourth-order valence-electron chi connectivity index (χ4n) is 5.65. The minimum Gasteiger partial charge on any atom is -0.336 e. The topological polar surface area (TPSA) is 96.7 Å². The Kier molecular flexibility index (Phi) is 7.28. The van der Waals surface area contributed by atoms with Gasteiger partial charge >= 0.3 is 6.03 Å². The van der Waals surface area contributed by atoms with Crippen molar-refractivity contribution in [1.29, 1.82) is 0 Å². The van der Waals surface area contributed by atoms with Gasteiger partial charge in [0.2, 0.25) is 0 Å². The molecule has 2 atom stereocenters. The molecule has 10 heteroatoms. The minimum absolute atomic E-state index is 0.141. The quantitative estimate of drug-likeness (QED) is 0.319. The molecule has 2 aliphatic rings. The van der Waals surface area contributed by atoms with Gasteiger partial charge in [-0.25, -0.2) is 14.6 Å². The molecule has 206 valence electrons. The van der Waals surface area contributed by atoms with E-state index in [4.69, 9.17) is 28.9 Å². The standard InChI is InChI=1S/C31H29ClN8O/c1-34-22-6-8-23(9-7-22)37-31(41)40-14-12-39(13-15-40)30-24-10-5-21(32)17-25(24)26(16-20-4-3-11-36-29(20)30)28(33)27-18-35-19-38(27)2/h3-11,16-19,28,30H,12-15,33H2,2H3,(H,37,41)/t28?,30-/m0/s1. The lowest BCUT2D eigenvalue weighted by molar-refractivity contribution is 0.125. The molecule has 41 heavy (non-hydrogen) atoms. The van der Waals surface area contributed by atoms with E-state index in [0.29, 0.717) is 42.6 Å². The molecule has 3 N–H and O–H groups in total. The number of fused-ring (bicyclic) bond motifs is 2. The lowest BCUT2D eigenvalue weighted by atomic mass is 9.90. The second-order valence-corrected chi connectivity index (χ2v) is 10.7. The number of aryl methyl sites for hydroxylation is 1. The zero-order chi connectivity index (χ0) is 28.5. The first kappa shape index (κ1) is 26.7. The molecular formula is C31H29ClN8O. The number of piperazine rings is 1. The molecule has 1 fully saturated rings. The fraction of sp³-hybridized carbons (Fsp3) is 0.226. The molecule has 0 bridgehead atoms. The molecular weight excluding hydrogens is 536 g/mol. The molecule has 2 aromatic carbocycles. The molecule has 1 saturated heterocycles. The summed E-state index contributed by atoms with van der Waals surface area (Å²) in [7, 11) is 1.94. The van der Waals surface area contributed by atoms with Crippen LogP contribution in [-0.4, -0.2) is 56.5 Å². The first-order chi connectivity index (χ1) is 19.9. The van der Waals surface area contributed by atoms with Crippen molar-refractivity contribution in [2.24, 2.45) is 12.8 Å². The van der Waals surface area contributed by atoms with E-state index in [1.807, 2.05) is 40.9 Å². The van der Waals surface area contributed by atoms with Gasteiger partial charge in [-0.1, -0.05) is 35.9 Å². The van der Waals surface area contributed by atoms with Crippen LogP contribution in [-0.2, 0) is 7.05 Å². The van der Waals surface area contributed by atoms with Crippen molar-refractivity contribution in [3.8, 4) is 0 Å². The highest BCUT2D eigenvalue weighted by molar-refractivity contribution is 6.30. The maximum atomic E-state index is 13.0. The molecule has 1 unspecified atom stereocenters. The summed E-state index contributed by atoms with van der Waals surface area (Å²) in [6.45, 7) is 9.55. The number of benzene rings is 2. The van der Waals surface area contributed by atoms with E-state index < -0.39 is 6.04 Å². The number of urea groups is 1. The van der Waals surface area contributed by atoms with Gasteiger partial charge in [-0.05, 0) is 58.7 Å². The van der Waals surface area contributed by atoms with Gasteiger partial charge in [-0.2, -0.15) is 0 Å². The van der Waals surface area contributed by atoms with E-state index >= 15 is 0 Å². The highest BCUT2D eigenvalue weighted by Gasteiger charge is 2.35. The molecule has 0 radical (unpaired) electrons. The van der Waals surface area contributed by atoms with Crippen molar-refractivity contribution < 1.29 is 4.79 Å². The number of hydrogen-bond donors (Lipinski definition) is 2. The summed E-state index contributed by atoms with van der Waals surface area (Å²) in [5, 5.41) is 3.58. The second-order valence-electron chi connectivity index (χ2n) is 10.2. The number of pyridine rings is 1. The van der Waals surface area contributed by atoms with Gasteiger partial charge in [0, 0.05) is 50.1 Å². The molecule has 2 amide bonds. The van der Waals surface area contributed by atoms with Gasteiger partial charge in [-0.3, -0.25) is 9.88 Å². The monoisotopic (exact) mass is 564 g/mol. The predicted molar refractivity (Wildman–Crippen MR) is 160 cm³/mol. The molecule has 1 aliphatic carbocycles. The lowest BCUT2D eigenvalue weighted by Crippen LogP contribution is -2.51. The maximum Gasteiger partial charge on any atom is 0.321 e. The molecule has 3 heterocycles. The average molecular weight is 565 g/mol. The first-order valence-electron chi connectivity index (χ1n) is 13.4. The Balaban J connectivity index is 1.30. The van der Waals surface area contributed by atoms with E-state index in [-0.39, 0.29) is 12.1 Å². The third kappa shape index (κ3) is 5.21. The highest BCUT2D eigenvalue weighted by atomic mass is 35.5. The van der Waals surface area contributed by atoms with Crippen LogP contribution < -0.4 is 11.1 Å². The summed E-state index contributed by atoms with van der Waals surface area (Å²) < 4.78 is 1.94. The zero-order valence-corrected chi connectivity index (χ0v) is 23.3. The number of aromatic nitrogens is 3. The number of imidazole rings is 1. The van der Waals surface area contributed by atoms with Crippen LogP contribution in [0.5, 0.6) is 0 Å². The summed E-state index contributed by atoms with van der Waals surface area (Å²) >= 11 is 6.56. The van der Waals surface area contributed by atoms with Crippen molar-refractivity contribution in [2.45, 2.75) is 12.1 Å². The summed E-state index contributed by atoms with van der Waals surface area (Å²) in [6.07, 6.45) is 7.50. The number of halogens is 1. The van der Waals surface area contributed by atoms with Gasteiger partial charge in [0.25, 0.3) is 0 Å². The zero-order valence-electron chi connectivity index (χ0n) is 22.5. The summed E-state index contributed by atoms with van der Waals surface area (Å²) in [4.78, 5) is 29.8. The third-order valence-electron chi connectivity index (χ3n) is 7.78. The summed E-state index contributed by atoms with van der Waals surface area (Å²) in [5.41, 5.74) is 13.9. The number of nitrogens with one attached hydrogen (secondary N) is 1. The van der Waals surface area contributed by atoms with Crippen LogP contribution in [0.4, 0.5) is 16.2 Å². The van der Waals surface area contributed by atoms with E-state index in [1.165, 1.54) is 0 Å². The van der Waals surface area contributed by atoms with Crippen molar-refractivity contribution >= 4 is 40.7 Å². The van der Waals surface area contributed by atoms with Crippen molar-refractivity contribution in [1.82, 2.24) is 24.3 Å². The Labute approximate surface area is 243 Å². The van der Waals surface area contributed by atoms with Gasteiger partial charge < -0.3 is 20.5 Å². The highest BCUT2D eigenvalue weighted by Crippen LogP contribution is 2.43. The Morgan fingerprint density at radius 3 is 2.63 bits per heavy atom. The SMILES string of the molecule is [C-]#[N+]c1ccc(NC(=O)N2CCN([C@H]3c4ccc(Cl)cc4C(C(N)c4cncn4C)=Cc4cccnc43)CC2)cc1. The van der Waals surface area contributed by atoms with Gasteiger partial charge in [0.1, 0.15) is 0 Å². The van der Waals surface area contributed by atoms with Crippen LogP contribution in [0.25, 0.3) is 16.5 Å². The average Bonchev–Trinajstić information content (AvgIpc) is 3.37. The normalized spacial score (nSPS) is 17.5. The number of hydrogen-bond acceptors (Lipinski definition) is 5.